The molecule has 2 aromatic carbocycles. The van der Waals surface area contributed by atoms with Gasteiger partial charge in [0.05, 0.1) is 6.54 Å². The molecule has 0 aliphatic carbocycles. The molecular weight excluding hydrogens is 370 g/mol. The number of rotatable bonds is 5. The molecule has 2 N–H and O–H groups in total. The fourth-order valence-corrected chi connectivity index (χ4v) is 3.88. The van der Waals surface area contributed by atoms with Crippen LogP contribution in [0.5, 0.6) is 0 Å². The van der Waals surface area contributed by atoms with Crippen molar-refractivity contribution in [2.45, 2.75) is 27.7 Å². The zero-order valence-corrected chi connectivity index (χ0v) is 17.2. The summed E-state index contributed by atoms with van der Waals surface area (Å²) in [4.78, 5) is 29.0. The Morgan fingerprint density at radius 3 is 2.21 bits per heavy atom. The highest BCUT2D eigenvalue weighted by atomic mass is 32.1. The number of anilines is 1. The molecule has 28 heavy (non-hydrogen) atoms. The number of aryl methyl sites for hydroxylation is 4. The van der Waals surface area contributed by atoms with E-state index < -0.39 is 0 Å². The SMILES string of the molecule is Cc1cc(C)c(NC(=O)CNC(=O)c2ccc(-c3nc(C)cs3)cc2)c(C)c1. The first-order valence-electron chi connectivity index (χ1n) is 9.02. The summed E-state index contributed by atoms with van der Waals surface area (Å²) in [6.07, 6.45) is 0. The van der Waals surface area contributed by atoms with E-state index in [2.05, 4.69) is 15.6 Å². The van der Waals surface area contributed by atoms with Crippen LogP contribution in [0.25, 0.3) is 10.6 Å². The highest BCUT2D eigenvalue weighted by Crippen LogP contribution is 2.24. The number of benzene rings is 2. The summed E-state index contributed by atoms with van der Waals surface area (Å²) in [5.41, 5.74) is 6.41. The Kier molecular flexibility index (Phi) is 5.90. The highest BCUT2D eigenvalue weighted by molar-refractivity contribution is 7.13. The minimum atomic E-state index is -0.283. The number of thiazole rings is 1. The van der Waals surface area contributed by atoms with Crippen LogP contribution in [0.1, 0.15) is 32.7 Å². The smallest absolute Gasteiger partial charge is 0.251 e. The fraction of sp³-hybridized carbons (Fsp3) is 0.227. The highest BCUT2D eigenvalue weighted by Gasteiger charge is 2.11. The lowest BCUT2D eigenvalue weighted by Gasteiger charge is -2.13. The predicted molar refractivity (Wildman–Crippen MR) is 114 cm³/mol. The summed E-state index contributed by atoms with van der Waals surface area (Å²) in [5.74, 6) is -0.535. The van der Waals surface area contributed by atoms with Gasteiger partial charge in [0.25, 0.3) is 5.91 Å². The van der Waals surface area contributed by atoms with Gasteiger partial charge in [-0.2, -0.15) is 0 Å². The number of nitrogens with one attached hydrogen (secondary N) is 2. The maximum Gasteiger partial charge on any atom is 0.251 e. The second kappa shape index (κ2) is 8.35. The van der Waals surface area contributed by atoms with Gasteiger partial charge < -0.3 is 10.6 Å². The van der Waals surface area contributed by atoms with Gasteiger partial charge in [0.15, 0.2) is 0 Å². The Hall–Kier alpha value is -2.99. The molecule has 1 heterocycles. The number of hydrogen-bond donors (Lipinski definition) is 2. The number of hydrogen-bond acceptors (Lipinski definition) is 4. The lowest BCUT2D eigenvalue weighted by Crippen LogP contribution is -2.33. The van der Waals surface area contributed by atoms with E-state index in [1.54, 1.807) is 23.5 Å². The number of carbonyl (C=O) groups is 2. The third-order valence-corrected chi connectivity index (χ3v) is 5.37. The maximum absolute atomic E-state index is 12.3. The molecule has 3 rings (SSSR count). The van der Waals surface area contributed by atoms with Crippen LogP contribution in [0.15, 0.2) is 41.8 Å². The number of aromatic nitrogens is 1. The maximum atomic E-state index is 12.3. The first-order valence-corrected chi connectivity index (χ1v) is 9.90. The average molecular weight is 394 g/mol. The van der Waals surface area contributed by atoms with Gasteiger partial charge in [-0.25, -0.2) is 4.98 Å². The van der Waals surface area contributed by atoms with Crippen LogP contribution in [0.3, 0.4) is 0 Å². The van der Waals surface area contributed by atoms with Crippen LogP contribution in [0, 0.1) is 27.7 Å². The molecular formula is C22H23N3O2S. The van der Waals surface area contributed by atoms with E-state index >= 15 is 0 Å². The van der Waals surface area contributed by atoms with Crippen LogP contribution in [0.4, 0.5) is 5.69 Å². The number of amides is 2. The van der Waals surface area contributed by atoms with Crippen molar-refractivity contribution in [2.24, 2.45) is 0 Å². The topological polar surface area (TPSA) is 71.1 Å². The van der Waals surface area contributed by atoms with E-state index in [0.717, 1.165) is 38.6 Å². The Labute approximate surface area is 168 Å². The molecule has 1 aromatic heterocycles. The molecule has 2 amide bonds. The predicted octanol–water partition coefficient (Wildman–Crippen LogP) is 4.41. The number of carbonyl (C=O) groups excluding carboxylic acids is 2. The molecule has 0 atom stereocenters. The Morgan fingerprint density at radius 1 is 1.00 bits per heavy atom. The first-order chi connectivity index (χ1) is 13.3. The lowest BCUT2D eigenvalue weighted by molar-refractivity contribution is -0.115. The van der Waals surface area contributed by atoms with Gasteiger partial charge in [-0.1, -0.05) is 29.8 Å². The van der Waals surface area contributed by atoms with Gasteiger partial charge in [-0.3, -0.25) is 9.59 Å². The molecule has 0 saturated carbocycles. The zero-order valence-electron chi connectivity index (χ0n) is 16.4. The summed E-state index contributed by atoms with van der Waals surface area (Å²) in [6, 6.07) is 11.3. The van der Waals surface area contributed by atoms with E-state index in [-0.39, 0.29) is 18.4 Å². The molecule has 3 aromatic rings. The third kappa shape index (κ3) is 4.64. The molecule has 5 nitrogen and oxygen atoms in total. The van der Waals surface area contributed by atoms with Crippen molar-refractivity contribution in [2.75, 3.05) is 11.9 Å². The first kappa shape index (κ1) is 19.8. The lowest BCUT2D eigenvalue weighted by atomic mass is 10.1. The van der Waals surface area contributed by atoms with Crippen molar-refractivity contribution < 1.29 is 9.59 Å². The quantitative estimate of drug-likeness (QED) is 0.674. The van der Waals surface area contributed by atoms with Crippen LogP contribution in [-0.2, 0) is 4.79 Å². The van der Waals surface area contributed by atoms with Crippen LogP contribution in [0.2, 0.25) is 0 Å². The van der Waals surface area contributed by atoms with E-state index in [1.165, 1.54) is 0 Å². The molecule has 6 heteroatoms. The Balaban J connectivity index is 1.58. The summed E-state index contributed by atoms with van der Waals surface area (Å²) in [6.45, 7) is 7.80. The summed E-state index contributed by atoms with van der Waals surface area (Å²) >= 11 is 1.57. The monoisotopic (exact) mass is 393 g/mol. The molecule has 0 saturated heterocycles. The van der Waals surface area contributed by atoms with E-state index in [0.29, 0.717) is 5.56 Å². The summed E-state index contributed by atoms with van der Waals surface area (Å²) < 4.78 is 0. The average Bonchev–Trinajstić information content (AvgIpc) is 3.09. The molecule has 0 bridgehead atoms. The van der Waals surface area contributed by atoms with Gasteiger partial charge in [0, 0.05) is 27.9 Å². The van der Waals surface area contributed by atoms with Crippen molar-refractivity contribution in [3.8, 4) is 10.6 Å². The van der Waals surface area contributed by atoms with Crippen molar-refractivity contribution in [3.05, 3.63) is 69.7 Å². The van der Waals surface area contributed by atoms with Gasteiger partial charge in [0.2, 0.25) is 5.91 Å². The van der Waals surface area contributed by atoms with Gasteiger partial charge in [-0.05, 0) is 51.0 Å². The molecule has 144 valence electrons. The fourth-order valence-electron chi connectivity index (χ4n) is 3.07. The van der Waals surface area contributed by atoms with Gasteiger partial charge in [0.1, 0.15) is 5.01 Å². The van der Waals surface area contributed by atoms with Crippen molar-refractivity contribution >= 4 is 28.8 Å². The van der Waals surface area contributed by atoms with E-state index in [4.69, 9.17) is 0 Å². The zero-order chi connectivity index (χ0) is 20.3. The Bertz CT molecular complexity index is 1000. The second-order valence-corrected chi connectivity index (χ2v) is 7.73. The van der Waals surface area contributed by atoms with E-state index in [1.807, 2.05) is 57.3 Å². The molecule has 0 radical (unpaired) electrons. The number of nitrogens with zero attached hydrogens (tertiary/aromatic N) is 1. The largest absolute Gasteiger partial charge is 0.343 e. The minimum Gasteiger partial charge on any atom is -0.343 e. The second-order valence-electron chi connectivity index (χ2n) is 6.88. The summed E-state index contributed by atoms with van der Waals surface area (Å²) in [7, 11) is 0. The van der Waals surface area contributed by atoms with Crippen LogP contribution < -0.4 is 10.6 Å². The standard InChI is InChI=1S/C22H23N3O2S/c1-13-9-14(2)20(15(3)10-13)25-19(26)11-23-21(27)17-5-7-18(8-6-17)22-24-16(4)12-28-22/h5-10,12H,11H2,1-4H3,(H,23,27)(H,25,26). The molecule has 0 unspecified atom stereocenters. The molecule has 0 spiro atoms. The van der Waals surface area contributed by atoms with Crippen LogP contribution >= 0.6 is 11.3 Å². The Morgan fingerprint density at radius 2 is 1.64 bits per heavy atom. The van der Waals surface area contributed by atoms with Crippen molar-refractivity contribution in [1.82, 2.24) is 10.3 Å². The van der Waals surface area contributed by atoms with Gasteiger partial charge in [-0.15, -0.1) is 11.3 Å². The van der Waals surface area contributed by atoms with Gasteiger partial charge >= 0.3 is 0 Å². The van der Waals surface area contributed by atoms with Crippen LogP contribution in [-0.4, -0.2) is 23.3 Å². The summed E-state index contributed by atoms with van der Waals surface area (Å²) in [5, 5.41) is 8.47. The molecule has 0 fully saturated rings. The minimum absolute atomic E-state index is 0.0843. The normalized spacial score (nSPS) is 10.6. The van der Waals surface area contributed by atoms with Crippen molar-refractivity contribution in [3.63, 3.8) is 0 Å². The molecule has 0 aliphatic heterocycles. The third-order valence-electron chi connectivity index (χ3n) is 4.36. The van der Waals surface area contributed by atoms with Crippen molar-refractivity contribution in [1.29, 1.82) is 0 Å². The van der Waals surface area contributed by atoms with E-state index in [9.17, 15) is 9.59 Å². The molecule has 0 aliphatic rings.